The van der Waals surface area contributed by atoms with E-state index < -0.39 is 0 Å². The number of anilines is 1. The van der Waals surface area contributed by atoms with Crippen LogP contribution in [0.5, 0.6) is 5.75 Å². The number of nitrogens with two attached hydrogens (primary N) is 1. The number of rotatable bonds is 4. The average molecular weight is 324 g/mol. The Labute approximate surface area is 140 Å². The summed E-state index contributed by atoms with van der Waals surface area (Å²) in [5, 5.41) is 1.09. The normalized spacial score (nSPS) is 12.1. The molecule has 5 heteroatoms. The number of ether oxygens (including phenoxy) is 2. The molecule has 1 unspecified atom stereocenters. The number of hydrogen-bond donors (Lipinski definition) is 1. The fourth-order valence-corrected chi connectivity index (χ4v) is 2.97. The van der Waals surface area contributed by atoms with Crippen molar-refractivity contribution in [2.45, 2.75) is 13.0 Å². The molecule has 0 aliphatic heterocycles. The highest BCUT2D eigenvalue weighted by molar-refractivity contribution is 5.90. The summed E-state index contributed by atoms with van der Waals surface area (Å²) in [4.78, 5) is 11.7. The van der Waals surface area contributed by atoms with Crippen LogP contribution < -0.4 is 10.5 Å². The lowest BCUT2D eigenvalue weighted by Crippen LogP contribution is -2.09. The van der Waals surface area contributed by atoms with Gasteiger partial charge in [0, 0.05) is 28.4 Å². The molecule has 1 atom stereocenters. The molecule has 0 aliphatic rings. The minimum Gasteiger partial charge on any atom is -0.496 e. The number of methoxy groups -OCH3 is 2. The average Bonchev–Trinajstić information content (AvgIpc) is 3.02. The number of nitrogens with zero attached hydrogens (tertiary/aromatic N) is 1. The highest BCUT2D eigenvalue weighted by Crippen LogP contribution is 2.32. The van der Waals surface area contributed by atoms with Crippen LogP contribution in [0.1, 0.15) is 28.9 Å². The molecule has 0 saturated carbocycles. The van der Waals surface area contributed by atoms with Gasteiger partial charge < -0.3 is 19.8 Å². The number of carbonyl (C=O) groups is 1. The summed E-state index contributed by atoms with van der Waals surface area (Å²) in [5.41, 5.74) is 9.14. The molecule has 0 bridgehead atoms. The second-order valence-corrected chi connectivity index (χ2v) is 5.67. The molecule has 1 heterocycles. The molecule has 124 valence electrons. The first-order valence-corrected chi connectivity index (χ1v) is 7.67. The number of nitrogen functional groups attached to an aromatic ring is 1. The van der Waals surface area contributed by atoms with E-state index in [4.69, 9.17) is 15.2 Å². The van der Waals surface area contributed by atoms with Crippen molar-refractivity contribution in [1.82, 2.24) is 4.57 Å². The fourth-order valence-electron chi connectivity index (χ4n) is 2.97. The highest BCUT2D eigenvalue weighted by Gasteiger charge is 2.17. The van der Waals surface area contributed by atoms with Crippen molar-refractivity contribution in [2.75, 3.05) is 20.0 Å². The van der Waals surface area contributed by atoms with Crippen molar-refractivity contribution in [2.24, 2.45) is 0 Å². The van der Waals surface area contributed by atoms with Crippen LogP contribution in [-0.2, 0) is 4.74 Å². The van der Waals surface area contributed by atoms with E-state index in [2.05, 4.69) is 11.5 Å². The van der Waals surface area contributed by atoms with Crippen molar-refractivity contribution >= 4 is 22.6 Å². The van der Waals surface area contributed by atoms with Crippen molar-refractivity contribution in [1.29, 1.82) is 0 Å². The van der Waals surface area contributed by atoms with Gasteiger partial charge in [-0.2, -0.15) is 0 Å². The number of carbonyl (C=O) groups excluding carboxylic acids is 1. The smallest absolute Gasteiger partial charge is 0.337 e. The maximum atomic E-state index is 11.7. The maximum absolute atomic E-state index is 11.7. The second kappa shape index (κ2) is 6.28. The molecule has 0 aliphatic carbocycles. The van der Waals surface area contributed by atoms with Crippen LogP contribution >= 0.6 is 0 Å². The van der Waals surface area contributed by atoms with E-state index in [0.717, 1.165) is 22.2 Å². The number of aromatic nitrogens is 1. The molecule has 0 fully saturated rings. The van der Waals surface area contributed by atoms with Crippen LogP contribution in [0.4, 0.5) is 5.69 Å². The Hall–Kier alpha value is -2.95. The molecule has 0 radical (unpaired) electrons. The lowest BCUT2D eigenvalue weighted by molar-refractivity contribution is 0.0600. The van der Waals surface area contributed by atoms with Gasteiger partial charge in [0.1, 0.15) is 5.75 Å². The van der Waals surface area contributed by atoms with Gasteiger partial charge in [0.05, 0.1) is 25.8 Å². The maximum Gasteiger partial charge on any atom is 0.337 e. The molecule has 0 amide bonds. The Balaban J connectivity index is 2.05. The third-order valence-electron chi connectivity index (χ3n) is 4.27. The SMILES string of the molecule is COC(=O)c1ccc(C(C)n2ccc3cc(N)ccc32)c(OC)c1. The van der Waals surface area contributed by atoms with Crippen LogP contribution in [0, 0.1) is 0 Å². The zero-order valence-corrected chi connectivity index (χ0v) is 13.9. The van der Waals surface area contributed by atoms with E-state index in [1.165, 1.54) is 7.11 Å². The Kier molecular flexibility index (Phi) is 4.16. The number of hydrogen-bond acceptors (Lipinski definition) is 4. The van der Waals surface area contributed by atoms with Crippen LogP contribution in [0.15, 0.2) is 48.7 Å². The van der Waals surface area contributed by atoms with E-state index in [1.807, 2.05) is 36.5 Å². The standard InChI is InChI=1S/C19H20N2O3/c1-12(21-9-8-13-10-15(20)5-7-17(13)21)16-6-4-14(19(22)24-3)11-18(16)23-2/h4-12H,20H2,1-3H3. The van der Waals surface area contributed by atoms with Crippen LogP contribution in [0.2, 0.25) is 0 Å². The molecule has 0 saturated heterocycles. The van der Waals surface area contributed by atoms with E-state index in [9.17, 15) is 4.79 Å². The summed E-state index contributed by atoms with van der Waals surface area (Å²) in [7, 11) is 2.96. The fraction of sp³-hybridized carbons (Fsp3) is 0.211. The van der Waals surface area contributed by atoms with E-state index in [-0.39, 0.29) is 12.0 Å². The van der Waals surface area contributed by atoms with Crippen molar-refractivity contribution in [3.63, 3.8) is 0 Å². The molecule has 3 aromatic rings. The summed E-state index contributed by atoms with van der Waals surface area (Å²) in [6.07, 6.45) is 2.03. The van der Waals surface area contributed by atoms with Crippen LogP contribution in [0.25, 0.3) is 10.9 Å². The second-order valence-electron chi connectivity index (χ2n) is 5.67. The third-order valence-corrected chi connectivity index (χ3v) is 4.27. The van der Waals surface area contributed by atoms with Gasteiger partial charge in [0.15, 0.2) is 0 Å². The molecule has 3 rings (SSSR count). The van der Waals surface area contributed by atoms with Gasteiger partial charge in [0.25, 0.3) is 0 Å². The Morgan fingerprint density at radius 3 is 2.62 bits per heavy atom. The summed E-state index contributed by atoms with van der Waals surface area (Å²) < 4.78 is 12.4. The topological polar surface area (TPSA) is 66.5 Å². The Morgan fingerprint density at radius 2 is 1.92 bits per heavy atom. The Morgan fingerprint density at radius 1 is 1.12 bits per heavy atom. The van der Waals surface area contributed by atoms with Gasteiger partial charge >= 0.3 is 5.97 Å². The Bertz CT molecular complexity index is 899. The largest absolute Gasteiger partial charge is 0.496 e. The monoisotopic (exact) mass is 324 g/mol. The van der Waals surface area contributed by atoms with Gasteiger partial charge in [-0.05, 0) is 43.3 Å². The van der Waals surface area contributed by atoms with Gasteiger partial charge in [0.2, 0.25) is 0 Å². The first-order valence-electron chi connectivity index (χ1n) is 7.67. The van der Waals surface area contributed by atoms with Crippen molar-refractivity contribution in [3.8, 4) is 5.75 Å². The number of benzene rings is 2. The predicted molar refractivity (Wildman–Crippen MR) is 94.5 cm³/mol. The number of esters is 1. The predicted octanol–water partition coefficient (Wildman–Crippen LogP) is 3.63. The zero-order valence-electron chi connectivity index (χ0n) is 13.9. The summed E-state index contributed by atoms with van der Waals surface area (Å²) in [5.74, 6) is 0.275. The molecule has 5 nitrogen and oxygen atoms in total. The first-order chi connectivity index (χ1) is 11.5. The summed E-state index contributed by atoms with van der Waals surface area (Å²) in [6.45, 7) is 2.09. The van der Waals surface area contributed by atoms with E-state index in [0.29, 0.717) is 11.3 Å². The molecule has 2 N–H and O–H groups in total. The molecular weight excluding hydrogens is 304 g/mol. The van der Waals surface area contributed by atoms with Crippen LogP contribution in [-0.4, -0.2) is 24.8 Å². The molecule has 24 heavy (non-hydrogen) atoms. The van der Waals surface area contributed by atoms with Gasteiger partial charge in [-0.1, -0.05) is 6.07 Å². The van der Waals surface area contributed by atoms with Gasteiger partial charge in [-0.3, -0.25) is 0 Å². The van der Waals surface area contributed by atoms with Gasteiger partial charge in [-0.25, -0.2) is 4.79 Å². The summed E-state index contributed by atoms with van der Waals surface area (Å²) in [6, 6.07) is 13.3. The highest BCUT2D eigenvalue weighted by atomic mass is 16.5. The summed E-state index contributed by atoms with van der Waals surface area (Å²) >= 11 is 0. The molecule has 2 aromatic carbocycles. The first kappa shape index (κ1) is 15.9. The molecule has 1 aromatic heterocycles. The van der Waals surface area contributed by atoms with Crippen molar-refractivity contribution in [3.05, 3.63) is 59.8 Å². The molecular formula is C19H20N2O3. The minimum atomic E-state index is -0.380. The lowest BCUT2D eigenvalue weighted by atomic mass is 10.0. The van der Waals surface area contributed by atoms with Crippen LogP contribution in [0.3, 0.4) is 0 Å². The van der Waals surface area contributed by atoms with E-state index in [1.54, 1.807) is 19.2 Å². The zero-order chi connectivity index (χ0) is 17.3. The molecule has 0 spiro atoms. The number of fused-ring (bicyclic) bond motifs is 1. The van der Waals surface area contributed by atoms with Gasteiger partial charge in [-0.15, -0.1) is 0 Å². The minimum absolute atomic E-state index is 0.0350. The van der Waals surface area contributed by atoms with E-state index >= 15 is 0 Å². The van der Waals surface area contributed by atoms with Crippen molar-refractivity contribution < 1.29 is 14.3 Å². The third kappa shape index (κ3) is 2.69. The lowest BCUT2D eigenvalue weighted by Gasteiger charge is -2.19. The quantitative estimate of drug-likeness (QED) is 0.588.